The highest BCUT2D eigenvalue weighted by atomic mass is 19.1. The predicted molar refractivity (Wildman–Crippen MR) is 92.1 cm³/mol. The Morgan fingerprint density at radius 3 is 3.00 bits per heavy atom. The number of aromatic nitrogens is 4. The highest BCUT2D eigenvalue weighted by Gasteiger charge is 2.21. The average molecular weight is 359 g/mol. The van der Waals surface area contributed by atoms with Crippen molar-refractivity contribution in [1.29, 1.82) is 0 Å². The van der Waals surface area contributed by atoms with Gasteiger partial charge >= 0.3 is 6.08 Å². The summed E-state index contributed by atoms with van der Waals surface area (Å²) in [5.41, 5.74) is 1.38. The zero-order valence-corrected chi connectivity index (χ0v) is 14.1. The number of nitrogens with zero attached hydrogens (tertiary/aromatic N) is 4. The van der Waals surface area contributed by atoms with E-state index in [-0.39, 0.29) is 17.8 Å². The molecule has 1 aliphatic rings. The van der Waals surface area contributed by atoms with Crippen molar-refractivity contribution in [3.05, 3.63) is 30.6 Å². The summed E-state index contributed by atoms with van der Waals surface area (Å²) in [4.78, 5) is 12.1. The summed E-state index contributed by atoms with van der Waals surface area (Å²) < 4.78 is 26.6. The van der Waals surface area contributed by atoms with Gasteiger partial charge in [0.25, 0.3) is 0 Å². The SMILES string of the molecule is COc1cc(Nc2nc(F)nc3c2ncn3C2CCCCO2)ccc1O. The lowest BCUT2D eigenvalue weighted by atomic mass is 10.2. The number of fused-ring (bicyclic) bond motifs is 1. The minimum Gasteiger partial charge on any atom is -0.504 e. The number of nitrogens with one attached hydrogen (secondary N) is 1. The van der Waals surface area contributed by atoms with Gasteiger partial charge in [0, 0.05) is 18.4 Å². The molecule has 1 unspecified atom stereocenters. The Bertz CT molecular complexity index is 940. The molecule has 1 fully saturated rings. The van der Waals surface area contributed by atoms with Gasteiger partial charge < -0.3 is 19.9 Å². The summed E-state index contributed by atoms with van der Waals surface area (Å²) >= 11 is 0. The molecule has 1 saturated heterocycles. The molecule has 0 aliphatic carbocycles. The van der Waals surface area contributed by atoms with E-state index in [2.05, 4.69) is 20.3 Å². The molecule has 2 N–H and O–H groups in total. The first-order chi connectivity index (χ1) is 12.7. The van der Waals surface area contributed by atoms with Gasteiger partial charge in [-0.3, -0.25) is 4.57 Å². The summed E-state index contributed by atoms with van der Waals surface area (Å²) in [5, 5.41) is 12.7. The molecule has 0 amide bonds. The molecule has 0 bridgehead atoms. The molecule has 1 atom stereocenters. The molecule has 0 saturated carbocycles. The maximum Gasteiger partial charge on any atom is 0.312 e. The molecule has 2 aromatic heterocycles. The number of halogens is 1. The number of aromatic hydroxyl groups is 1. The first kappa shape index (κ1) is 16.5. The summed E-state index contributed by atoms with van der Waals surface area (Å²) in [6.45, 7) is 0.663. The van der Waals surface area contributed by atoms with Crippen LogP contribution in [0.1, 0.15) is 25.5 Å². The third kappa shape index (κ3) is 3.01. The molecule has 0 spiro atoms. The molecule has 1 aliphatic heterocycles. The Kier molecular flexibility index (Phi) is 4.29. The Morgan fingerprint density at radius 2 is 2.23 bits per heavy atom. The van der Waals surface area contributed by atoms with Gasteiger partial charge in [0.05, 0.1) is 13.4 Å². The lowest BCUT2D eigenvalue weighted by molar-refractivity contribution is -0.0298. The minimum absolute atomic E-state index is 0.00999. The molecular weight excluding hydrogens is 341 g/mol. The molecule has 0 radical (unpaired) electrons. The van der Waals surface area contributed by atoms with Gasteiger partial charge in [0.1, 0.15) is 6.23 Å². The van der Waals surface area contributed by atoms with Crippen molar-refractivity contribution in [3.8, 4) is 11.5 Å². The van der Waals surface area contributed by atoms with Crippen LogP contribution < -0.4 is 10.1 Å². The first-order valence-electron chi connectivity index (χ1n) is 8.31. The number of methoxy groups -OCH3 is 1. The monoisotopic (exact) mass is 359 g/mol. The van der Waals surface area contributed by atoms with Crippen LogP contribution >= 0.6 is 0 Å². The van der Waals surface area contributed by atoms with Crippen molar-refractivity contribution >= 4 is 22.7 Å². The molecule has 1 aromatic carbocycles. The van der Waals surface area contributed by atoms with Gasteiger partial charge in [0.2, 0.25) is 0 Å². The second-order valence-corrected chi connectivity index (χ2v) is 6.00. The van der Waals surface area contributed by atoms with E-state index in [0.29, 0.717) is 29.2 Å². The van der Waals surface area contributed by atoms with Gasteiger partial charge in [0.15, 0.2) is 28.5 Å². The number of phenols is 1. The lowest BCUT2D eigenvalue weighted by Gasteiger charge is -2.23. The number of ether oxygens (including phenoxy) is 2. The quantitative estimate of drug-likeness (QED) is 0.546. The van der Waals surface area contributed by atoms with Crippen LogP contribution in [0, 0.1) is 6.08 Å². The molecule has 8 nitrogen and oxygen atoms in total. The smallest absolute Gasteiger partial charge is 0.312 e. The topological polar surface area (TPSA) is 94.3 Å². The van der Waals surface area contributed by atoms with Crippen LogP contribution in [-0.4, -0.2) is 38.3 Å². The third-order valence-electron chi connectivity index (χ3n) is 4.30. The van der Waals surface area contributed by atoms with Crippen LogP contribution in [0.4, 0.5) is 15.9 Å². The normalized spacial score (nSPS) is 17.4. The van der Waals surface area contributed by atoms with Crippen LogP contribution in [0.25, 0.3) is 11.2 Å². The number of rotatable bonds is 4. The van der Waals surface area contributed by atoms with Gasteiger partial charge in [-0.2, -0.15) is 14.4 Å². The van der Waals surface area contributed by atoms with Crippen molar-refractivity contribution in [2.75, 3.05) is 19.0 Å². The minimum atomic E-state index is -0.858. The van der Waals surface area contributed by atoms with E-state index in [0.717, 1.165) is 19.3 Å². The highest BCUT2D eigenvalue weighted by Crippen LogP contribution is 2.32. The van der Waals surface area contributed by atoms with Crippen LogP contribution in [0.3, 0.4) is 0 Å². The van der Waals surface area contributed by atoms with Crippen molar-refractivity contribution in [2.45, 2.75) is 25.5 Å². The average Bonchev–Trinajstić information content (AvgIpc) is 3.08. The van der Waals surface area contributed by atoms with Crippen molar-refractivity contribution in [2.24, 2.45) is 0 Å². The van der Waals surface area contributed by atoms with E-state index in [1.165, 1.54) is 13.2 Å². The van der Waals surface area contributed by atoms with E-state index in [9.17, 15) is 9.50 Å². The van der Waals surface area contributed by atoms with Gasteiger partial charge in [-0.15, -0.1) is 0 Å². The number of imidazole rings is 1. The molecule has 9 heteroatoms. The van der Waals surface area contributed by atoms with Gasteiger partial charge in [-0.05, 0) is 31.4 Å². The van der Waals surface area contributed by atoms with Gasteiger partial charge in [-0.25, -0.2) is 4.98 Å². The third-order valence-corrected chi connectivity index (χ3v) is 4.30. The van der Waals surface area contributed by atoms with Crippen LogP contribution in [-0.2, 0) is 4.74 Å². The van der Waals surface area contributed by atoms with Crippen LogP contribution in [0.5, 0.6) is 11.5 Å². The summed E-state index contributed by atoms with van der Waals surface area (Å²) in [6, 6.07) is 4.69. The largest absolute Gasteiger partial charge is 0.504 e. The second-order valence-electron chi connectivity index (χ2n) is 6.00. The van der Waals surface area contributed by atoms with Gasteiger partial charge in [-0.1, -0.05) is 0 Å². The summed E-state index contributed by atoms with van der Waals surface area (Å²) in [7, 11) is 1.45. The summed E-state index contributed by atoms with van der Waals surface area (Å²) in [6.07, 6.45) is 3.41. The number of phenolic OH excluding ortho intramolecular Hbond substituents is 1. The fraction of sp³-hybridized carbons (Fsp3) is 0.353. The number of anilines is 2. The molecular formula is C17H18FN5O3. The lowest BCUT2D eigenvalue weighted by Crippen LogP contribution is -2.18. The van der Waals surface area contributed by atoms with Crippen molar-refractivity contribution in [1.82, 2.24) is 19.5 Å². The standard InChI is InChI=1S/C17H18FN5O3/c1-25-12-8-10(5-6-11(12)24)20-15-14-16(22-17(18)21-15)23(9-19-14)13-4-2-3-7-26-13/h5-6,8-9,13,24H,2-4,7H2,1H3,(H,20,21,22). The Balaban J connectivity index is 1.72. The van der Waals surface area contributed by atoms with E-state index >= 15 is 0 Å². The zero-order valence-electron chi connectivity index (χ0n) is 14.1. The molecule has 136 valence electrons. The Labute approximate surface area is 148 Å². The van der Waals surface area contributed by atoms with Crippen LogP contribution in [0.2, 0.25) is 0 Å². The molecule has 26 heavy (non-hydrogen) atoms. The van der Waals surface area contributed by atoms with Crippen LogP contribution in [0.15, 0.2) is 24.5 Å². The second kappa shape index (κ2) is 6.75. The fourth-order valence-electron chi connectivity index (χ4n) is 3.02. The number of hydrogen-bond donors (Lipinski definition) is 2. The molecule has 3 heterocycles. The molecule has 4 rings (SSSR count). The number of benzene rings is 1. The van der Waals surface area contributed by atoms with E-state index in [1.54, 1.807) is 23.0 Å². The maximum absolute atomic E-state index is 14.0. The van der Waals surface area contributed by atoms with E-state index in [4.69, 9.17) is 9.47 Å². The first-order valence-corrected chi connectivity index (χ1v) is 8.31. The fourth-order valence-corrected chi connectivity index (χ4v) is 3.02. The Morgan fingerprint density at radius 1 is 1.35 bits per heavy atom. The Hall–Kier alpha value is -2.94. The number of hydrogen-bond acceptors (Lipinski definition) is 7. The molecule has 3 aromatic rings. The highest BCUT2D eigenvalue weighted by molar-refractivity contribution is 5.85. The van der Waals surface area contributed by atoms with E-state index < -0.39 is 6.08 Å². The predicted octanol–water partition coefficient (Wildman–Crippen LogP) is 3.12. The maximum atomic E-state index is 14.0. The van der Waals surface area contributed by atoms with Crippen molar-refractivity contribution < 1.29 is 19.0 Å². The summed E-state index contributed by atoms with van der Waals surface area (Å²) in [5.74, 6) is 0.535. The zero-order chi connectivity index (χ0) is 18.1. The van der Waals surface area contributed by atoms with Crippen molar-refractivity contribution in [3.63, 3.8) is 0 Å². The van der Waals surface area contributed by atoms with E-state index in [1.807, 2.05) is 0 Å².